The fourth-order valence-corrected chi connectivity index (χ4v) is 3.16. The van der Waals surface area contributed by atoms with Crippen molar-refractivity contribution < 1.29 is 9.59 Å². The van der Waals surface area contributed by atoms with Crippen LogP contribution < -0.4 is 10.6 Å². The number of amides is 2. The van der Waals surface area contributed by atoms with Crippen molar-refractivity contribution in [2.45, 2.75) is 53.9 Å². The SMILES string of the molecule is Cc1ncc(NC(=O)c2cc(C(C)(C)C)[nH]n2)cc1-c1ccc(C(=O)NCC(C)(C)C)cc1. The maximum absolute atomic E-state index is 12.7. The molecule has 0 aliphatic heterocycles. The van der Waals surface area contributed by atoms with Crippen LogP contribution in [0.1, 0.15) is 73.8 Å². The molecule has 0 fully saturated rings. The van der Waals surface area contributed by atoms with Gasteiger partial charge in [-0.1, -0.05) is 53.7 Å². The lowest BCUT2D eigenvalue weighted by Gasteiger charge is -2.18. The van der Waals surface area contributed by atoms with Crippen LogP contribution in [-0.2, 0) is 5.41 Å². The molecule has 0 unspecified atom stereocenters. The van der Waals surface area contributed by atoms with Crippen molar-refractivity contribution in [1.82, 2.24) is 20.5 Å². The molecule has 3 N–H and O–H groups in total. The lowest BCUT2D eigenvalue weighted by molar-refractivity contribution is 0.0938. The highest BCUT2D eigenvalue weighted by molar-refractivity contribution is 6.03. The van der Waals surface area contributed by atoms with Crippen molar-refractivity contribution in [1.29, 1.82) is 0 Å². The molecular formula is C26H33N5O2. The maximum Gasteiger partial charge on any atom is 0.276 e. The van der Waals surface area contributed by atoms with Crippen LogP contribution >= 0.6 is 0 Å². The van der Waals surface area contributed by atoms with Crippen LogP contribution in [0, 0.1) is 12.3 Å². The average Bonchev–Trinajstić information content (AvgIpc) is 3.24. The minimum atomic E-state index is -0.302. The molecule has 174 valence electrons. The van der Waals surface area contributed by atoms with Crippen molar-refractivity contribution in [2.24, 2.45) is 5.41 Å². The van der Waals surface area contributed by atoms with Crippen LogP contribution in [0.4, 0.5) is 5.69 Å². The van der Waals surface area contributed by atoms with E-state index in [4.69, 9.17) is 0 Å². The van der Waals surface area contributed by atoms with Gasteiger partial charge in [-0.15, -0.1) is 0 Å². The smallest absolute Gasteiger partial charge is 0.276 e. The third-order valence-electron chi connectivity index (χ3n) is 5.20. The number of benzene rings is 1. The average molecular weight is 448 g/mol. The molecule has 0 aliphatic carbocycles. The van der Waals surface area contributed by atoms with Crippen molar-refractivity contribution in [3.8, 4) is 11.1 Å². The van der Waals surface area contributed by atoms with Crippen LogP contribution in [-0.4, -0.2) is 33.5 Å². The van der Waals surface area contributed by atoms with Crippen LogP contribution in [0.25, 0.3) is 11.1 Å². The normalized spacial score (nSPS) is 11.8. The van der Waals surface area contributed by atoms with E-state index < -0.39 is 0 Å². The second-order valence-electron chi connectivity index (χ2n) is 10.5. The summed E-state index contributed by atoms with van der Waals surface area (Å²) in [6.07, 6.45) is 1.63. The summed E-state index contributed by atoms with van der Waals surface area (Å²) in [4.78, 5) is 29.5. The molecular weight excluding hydrogens is 414 g/mol. The molecule has 0 bridgehead atoms. The molecule has 3 aromatic rings. The van der Waals surface area contributed by atoms with Crippen molar-refractivity contribution in [3.63, 3.8) is 0 Å². The first-order valence-electron chi connectivity index (χ1n) is 11.1. The van der Waals surface area contributed by atoms with Gasteiger partial charge in [-0.3, -0.25) is 19.7 Å². The number of aromatic nitrogens is 3. The Balaban J connectivity index is 1.75. The molecule has 0 aliphatic rings. The molecule has 2 heterocycles. The number of hydrogen-bond acceptors (Lipinski definition) is 4. The summed E-state index contributed by atoms with van der Waals surface area (Å²) in [5, 5.41) is 12.9. The van der Waals surface area contributed by atoms with Gasteiger partial charge in [0.15, 0.2) is 5.69 Å². The van der Waals surface area contributed by atoms with E-state index >= 15 is 0 Å². The van der Waals surface area contributed by atoms with Crippen molar-refractivity contribution in [3.05, 3.63) is 65.2 Å². The van der Waals surface area contributed by atoms with Gasteiger partial charge >= 0.3 is 0 Å². The third-order valence-corrected chi connectivity index (χ3v) is 5.20. The number of aromatic amines is 1. The molecule has 33 heavy (non-hydrogen) atoms. The predicted molar refractivity (Wildman–Crippen MR) is 131 cm³/mol. The summed E-state index contributed by atoms with van der Waals surface area (Å²) in [7, 11) is 0. The van der Waals surface area contributed by atoms with E-state index in [-0.39, 0.29) is 22.6 Å². The maximum atomic E-state index is 12.7. The number of pyridine rings is 1. The Morgan fingerprint density at radius 2 is 1.64 bits per heavy atom. The van der Waals surface area contributed by atoms with E-state index in [9.17, 15) is 9.59 Å². The molecule has 0 spiro atoms. The largest absolute Gasteiger partial charge is 0.352 e. The molecule has 2 amide bonds. The standard InChI is InChI=1S/C26H33N5O2/c1-16-20(17-8-10-18(11-9-17)23(32)28-15-25(2,3)4)12-19(14-27-16)29-24(33)21-13-22(31-30-21)26(5,6)7/h8-14H,15H2,1-7H3,(H,28,32)(H,29,33)(H,30,31). The topological polar surface area (TPSA) is 99.8 Å². The van der Waals surface area contributed by atoms with Gasteiger partial charge in [-0.2, -0.15) is 5.10 Å². The Hall–Kier alpha value is -3.48. The Morgan fingerprint density at radius 1 is 0.970 bits per heavy atom. The van der Waals surface area contributed by atoms with Gasteiger partial charge in [0.05, 0.1) is 11.9 Å². The summed E-state index contributed by atoms with van der Waals surface area (Å²) in [6, 6.07) is 11.0. The summed E-state index contributed by atoms with van der Waals surface area (Å²) in [5.41, 5.74) is 4.92. The van der Waals surface area contributed by atoms with Gasteiger partial charge in [-0.25, -0.2) is 0 Å². The van der Waals surface area contributed by atoms with Gasteiger partial charge in [0.25, 0.3) is 11.8 Å². The van der Waals surface area contributed by atoms with Crippen LogP contribution in [0.3, 0.4) is 0 Å². The first-order chi connectivity index (χ1) is 15.3. The monoisotopic (exact) mass is 447 g/mol. The Labute approximate surface area is 195 Å². The summed E-state index contributed by atoms with van der Waals surface area (Å²) >= 11 is 0. The van der Waals surface area contributed by atoms with Gasteiger partial charge in [0.1, 0.15) is 0 Å². The number of nitrogens with one attached hydrogen (secondary N) is 3. The number of H-pyrrole nitrogens is 1. The predicted octanol–water partition coefficient (Wildman–Crippen LogP) is 5.11. The van der Waals surface area contributed by atoms with Crippen LogP contribution in [0.5, 0.6) is 0 Å². The number of nitrogens with zero attached hydrogens (tertiary/aromatic N) is 2. The van der Waals surface area contributed by atoms with Gasteiger partial charge in [0.2, 0.25) is 0 Å². The second-order valence-corrected chi connectivity index (χ2v) is 10.5. The lowest BCUT2D eigenvalue weighted by Crippen LogP contribution is -2.32. The van der Waals surface area contributed by atoms with E-state index in [0.717, 1.165) is 22.5 Å². The van der Waals surface area contributed by atoms with Gasteiger partial charge in [0, 0.05) is 34.5 Å². The fourth-order valence-electron chi connectivity index (χ4n) is 3.16. The summed E-state index contributed by atoms with van der Waals surface area (Å²) < 4.78 is 0. The fraction of sp³-hybridized carbons (Fsp3) is 0.385. The zero-order valence-electron chi connectivity index (χ0n) is 20.5. The molecule has 3 rings (SSSR count). The molecule has 0 saturated heterocycles. The molecule has 1 aromatic carbocycles. The van der Waals surface area contributed by atoms with Crippen molar-refractivity contribution >= 4 is 17.5 Å². The zero-order chi connectivity index (χ0) is 24.4. The first-order valence-corrected chi connectivity index (χ1v) is 11.1. The molecule has 7 nitrogen and oxygen atoms in total. The Bertz CT molecular complexity index is 1150. The zero-order valence-corrected chi connectivity index (χ0v) is 20.5. The Morgan fingerprint density at radius 3 is 2.21 bits per heavy atom. The summed E-state index contributed by atoms with van der Waals surface area (Å²) in [5.74, 6) is -0.398. The minimum Gasteiger partial charge on any atom is -0.352 e. The molecule has 2 aromatic heterocycles. The molecule has 0 saturated carbocycles. The Kier molecular flexibility index (Phi) is 6.72. The van der Waals surface area contributed by atoms with E-state index in [1.807, 2.05) is 25.1 Å². The van der Waals surface area contributed by atoms with Crippen molar-refractivity contribution in [2.75, 3.05) is 11.9 Å². The number of carbonyl (C=O) groups is 2. The van der Waals surface area contributed by atoms with E-state index in [1.54, 1.807) is 24.4 Å². The molecule has 7 heteroatoms. The van der Waals surface area contributed by atoms with E-state index in [0.29, 0.717) is 23.5 Å². The highest BCUT2D eigenvalue weighted by Gasteiger charge is 2.20. The molecule has 0 radical (unpaired) electrons. The van der Waals surface area contributed by atoms with E-state index in [1.165, 1.54) is 0 Å². The number of hydrogen-bond donors (Lipinski definition) is 3. The second kappa shape index (κ2) is 9.17. The van der Waals surface area contributed by atoms with Gasteiger partial charge in [-0.05, 0) is 42.2 Å². The lowest BCUT2D eigenvalue weighted by atomic mass is 9.92. The van der Waals surface area contributed by atoms with Gasteiger partial charge < -0.3 is 10.6 Å². The molecule has 0 atom stereocenters. The number of carbonyl (C=O) groups excluding carboxylic acids is 2. The number of aryl methyl sites for hydroxylation is 1. The van der Waals surface area contributed by atoms with E-state index in [2.05, 4.69) is 67.4 Å². The number of rotatable bonds is 5. The summed E-state index contributed by atoms with van der Waals surface area (Å²) in [6.45, 7) is 14.9. The highest BCUT2D eigenvalue weighted by Crippen LogP contribution is 2.26. The quantitative estimate of drug-likeness (QED) is 0.506. The minimum absolute atomic E-state index is 0.0213. The third kappa shape index (κ3) is 6.28. The first kappa shape index (κ1) is 24.2. The number of anilines is 1. The van der Waals surface area contributed by atoms with Crippen LogP contribution in [0.15, 0.2) is 42.6 Å². The highest BCUT2D eigenvalue weighted by atomic mass is 16.2. The van der Waals surface area contributed by atoms with Crippen LogP contribution in [0.2, 0.25) is 0 Å².